The third-order valence-corrected chi connectivity index (χ3v) is 6.07. The van der Waals surface area contributed by atoms with Crippen molar-refractivity contribution in [1.82, 2.24) is 9.21 Å². The Kier molecular flexibility index (Phi) is 3.13. The zero-order chi connectivity index (χ0) is 13.6. The Hall–Kier alpha value is -0.950. The van der Waals surface area contributed by atoms with Gasteiger partial charge in [0.1, 0.15) is 0 Å². The van der Waals surface area contributed by atoms with Gasteiger partial charge in [-0.25, -0.2) is 8.42 Å². The quantitative estimate of drug-likeness (QED) is 0.837. The molecule has 0 aromatic heterocycles. The van der Waals surface area contributed by atoms with Gasteiger partial charge in [0.05, 0.1) is 17.0 Å². The van der Waals surface area contributed by atoms with Crippen molar-refractivity contribution in [3.8, 4) is 0 Å². The predicted octanol–water partition coefficient (Wildman–Crippen LogP) is 0.125. The largest absolute Gasteiger partial charge is 0.390 e. The van der Waals surface area contributed by atoms with Crippen LogP contribution in [0.3, 0.4) is 0 Å². The molecule has 0 bridgehead atoms. The summed E-state index contributed by atoms with van der Waals surface area (Å²) in [5.41, 5.74) is 0. The van der Waals surface area contributed by atoms with Gasteiger partial charge in [-0.15, -0.1) is 0 Å². The molecule has 1 aromatic carbocycles. The zero-order valence-corrected chi connectivity index (χ0v) is 11.6. The Morgan fingerprint density at radius 1 is 1.26 bits per heavy atom. The van der Waals surface area contributed by atoms with Gasteiger partial charge in [0, 0.05) is 12.6 Å². The molecule has 5 nitrogen and oxygen atoms in total. The van der Waals surface area contributed by atoms with E-state index in [1.807, 2.05) is 7.05 Å². The summed E-state index contributed by atoms with van der Waals surface area (Å²) in [6, 6.07) is 8.27. The zero-order valence-electron chi connectivity index (χ0n) is 10.8. The monoisotopic (exact) mass is 282 g/mol. The molecule has 2 saturated heterocycles. The lowest BCUT2D eigenvalue weighted by atomic mass is 10.1. The number of likely N-dealkylation sites (N-methyl/N-ethyl adjacent to an activating group) is 1. The molecule has 0 unspecified atom stereocenters. The summed E-state index contributed by atoms with van der Waals surface area (Å²) in [6.45, 7) is 1.02. The molecule has 0 radical (unpaired) electrons. The summed E-state index contributed by atoms with van der Waals surface area (Å²) >= 11 is 0. The molecule has 2 fully saturated rings. The maximum Gasteiger partial charge on any atom is 0.243 e. The highest BCUT2D eigenvalue weighted by Gasteiger charge is 2.51. The molecule has 0 saturated carbocycles. The molecular weight excluding hydrogens is 264 g/mol. The van der Waals surface area contributed by atoms with Crippen LogP contribution in [0.2, 0.25) is 0 Å². The Bertz CT molecular complexity index is 561. The van der Waals surface area contributed by atoms with Gasteiger partial charge in [-0.3, -0.25) is 4.90 Å². The van der Waals surface area contributed by atoms with Crippen LogP contribution in [0.1, 0.15) is 6.42 Å². The molecule has 19 heavy (non-hydrogen) atoms. The van der Waals surface area contributed by atoms with Crippen molar-refractivity contribution in [1.29, 1.82) is 0 Å². The second-order valence-electron chi connectivity index (χ2n) is 5.28. The molecule has 1 aromatic rings. The van der Waals surface area contributed by atoms with Crippen molar-refractivity contribution in [2.75, 3.05) is 20.1 Å². The van der Waals surface area contributed by atoms with E-state index >= 15 is 0 Å². The molecule has 2 heterocycles. The van der Waals surface area contributed by atoms with Gasteiger partial charge in [0.15, 0.2) is 0 Å². The number of aliphatic hydroxyl groups excluding tert-OH is 1. The van der Waals surface area contributed by atoms with Gasteiger partial charge in [-0.1, -0.05) is 18.2 Å². The lowest BCUT2D eigenvalue weighted by Gasteiger charge is -2.23. The summed E-state index contributed by atoms with van der Waals surface area (Å²) in [6.07, 6.45) is 0.181. The van der Waals surface area contributed by atoms with E-state index in [1.54, 1.807) is 30.3 Å². The second-order valence-corrected chi connectivity index (χ2v) is 7.17. The van der Waals surface area contributed by atoms with Crippen molar-refractivity contribution >= 4 is 10.0 Å². The lowest BCUT2D eigenvalue weighted by molar-refractivity contribution is 0.113. The molecule has 6 heteroatoms. The molecule has 3 rings (SSSR count). The van der Waals surface area contributed by atoms with Gasteiger partial charge in [0.25, 0.3) is 0 Å². The first kappa shape index (κ1) is 13.1. The first-order valence-electron chi connectivity index (χ1n) is 6.47. The van der Waals surface area contributed by atoms with Crippen LogP contribution < -0.4 is 0 Å². The number of rotatable bonds is 2. The number of hydrogen-bond donors (Lipinski definition) is 1. The van der Waals surface area contributed by atoms with Gasteiger partial charge < -0.3 is 5.11 Å². The van der Waals surface area contributed by atoms with Crippen molar-refractivity contribution in [2.45, 2.75) is 29.5 Å². The minimum atomic E-state index is -3.50. The summed E-state index contributed by atoms with van der Waals surface area (Å²) in [5.74, 6) is 0. The molecule has 0 aliphatic carbocycles. The Morgan fingerprint density at radius 2 is 1.95 bits per heavy atom. The first-order valence-corrected chi connectivity index (χ1v) is 7.91. The average Bonchev–Trinajstić information content (AvgIpc) is 2.93. The fraction of sp³-hybridized carbons (Fsp3) is 0.538. The molecule has 1 N–H and O–H groups in total. The molecular formula is C13H18N2O3S. The first-order chi connectivity index (χ1) is 9.01. The SMILES string of the molecule is CN1CC[C@@H]2[C@H]1[C@@H](O)CN2S(=O)(=O)c1ccccc1. The van der Waals surface area contributed by atoms with Crippen molar-refractivity contribution < 1.29 is 13.5 Å². The maximum absolute atomic E-state index is 12.6. The van der Waals surface area contributed by atoms with E-state index in [1.165, 1.54) is 4.31 Å². The van der Waals surface area contributed by atoms with Gasteiger partial charge >= 0.3 is 0 Å². The van der Waals surface area contributed by atoms with Crippen LogP contribution >= 0.6 is 0 Å². The fourth-order valence-corrected chi connectivity index (χ4v) is 4.95. The fourth-order valence-electron chi connectivity index (χ4n) is 3.25. The van der Waals surface area contributed by atoms with Gasteiger partial charge in [-0.2, -0.15) is 4.31 Å². The number of fused-ring (bicyclic) bond motifs is 1. The third-order valence-electron chi connectivity index (χ3n) is 4.16. The minimum absolute atomic E-state index is 0.0708. The lowest BCUT2D eigenvalue weighted by Crippen LogP contribution is -2.40. The third kappa shape index (κ3) is 1.99. The molecule has 3 atom stereocenters. The average molecular weight is 282 g/mol. The van der Waals surface area contributed by atoms with E-state index < -0.39 is 16.1 Å². The Morgan fingerprint density at radius 3 is 2.63 bits per heavy atom. The highest BCUT2D eigenvalue weighted by molar-refractivity contribution is 7.89. The number of aliphatic hydroxyl groups is 1. The summed E-state index contributed by atoms with van der Waals surface area (Å²) in [7, 11) is -1.57. The van der Waals surface area contributed by atoms with Crippen LogP contribution in [-0.4, -0.2) is 61.1 Å². The topological polar surface area (TPSA) is 60.9 Å². The summed E-state index contributed by atoms with van der Waals surface area (Å²) in [4.78, 5) is 2.35. The number of nitrogens with zero attached hydrogens (tertiary/aromatic N) is 2. The van der Waals surface area contributed by atoms with Crippen LogP contribution in [-0.2, 0) is 10.0 Å². The van der Waals surface area contributed by atoms with Crippen LogP contribution in [0.4, 0.5) is 0 Å². The van der Waals surface area contributed by atoms with Crippen LogP contribution in [0, 0.1) is 0 Å². The minimum Gasteiger partial charge on any atom is -0.390 e. The van der Waals surface area contributed by atoms with Crippen LogP contribution in [0.5, 0.6) is 0 Å². The molecule has 0 spiro atoms. The van der Waals surface area contributed by atoms with E-state index in [0.717, 1.165) is 13.0 Å². The van der Waals surface area contributed by atoms with Crippen LogP contribution in [0.25, 0.3) is 0 Å². The van der Waals surface area contributed by atoms with E-state index in [9.17, 15) is 13.5 Å². The van der Waals surface area contributed by atoms with E-state index in [-0.39, 0.29) is 18.6 Å². The highest BCUT2D eigenvalue weighted by Crippen LogP contribution is 2.34. The molecule has 0 amide bonds. The summed E-state index contributed by atoms with van der Waals surface area (Å²) in [5, 5.41) is 10.1. The molecule has 2 aliphatic rings. The summed E-state index contributed by atoms with van der Waals surface area (Å²) < 4.78 is 26.7. The van der Waals surface area contributed by atoms with E-state index in [4.69, 9.17) is 0 Å². The van der Waals surface area contributed by atoms with Crippen molar-refractivity contribution in [2.24, 2.45) is 0 Å². The molecule has 104 valence electrons. The smallest absolute Gasteiger partial charge is 0.243 e. The van der Waals surface area contributed by atoms with E-state index in [0.29, 0.717) is 4.90 Å². The second kappa shape index (κ2) is 4.56. The Balaban J connectivity index is 1.95. The number of benzene rings is 1. The Labute approximate surface area is 113 Å². The molecule has 2 aliphatic heterocycles. The van der Waals surface area contributed by atoms with Crippen LogP contribution in [0.15, 0.2) is 35.2 Å². The highest BCUT2D eigenvalue weighted by atomic mass is 32.2. The van der Waals surface area contributed by atoms with Gasteiger partial charge in [-0.05, 0) is 32.1 Å². The van der Waals surface area contributed by atoms with E-state index in [2.05, 4.69) is 4.90 Å². The normalized spacial score (nSPS) is 32.6. The number of β-amino-alcohol motifs (C(OH)–C–C–N with tert-alkyl or cyclic N) is 1. The number of hydrogen-bond acceptors (Lipinski definition) is 4. The van der Waals surface area contributed by atoms with Crippen molar-refractivity contribution in [3.63, 3.8) is 0 Å². The number of likely N-dealkylation sites (tertiary alicyclic amines) is 1. The van der Waals surface area contributed by atoms with Crippen molar-refractivity contribution in [3.05, 3.63) is 30.3 Å². The predicted molar refractivity (Wildman–Crippen MR) is 71.2 cm³/mol. The number of sulfonamides is 1. The standard InChI is InChI=1S/C13H18N2O3S/c1-14-8-7-11-13(14)12(16)9-15(11)19(17,18)10-5-3-2-4-6-10/h2-6,11-13,16H,7-9H2,1H3/t11-,12+,13+/m1/s1. The maximum atomic E-state index is 12.6. The van der Waals surface area contributed by atoms with Gasteiger partial charge in [0.2, 0.25) is 10.0 Å².